The van der Waals surface area contributed by atoms with E-state index in [1.807, 2.05) is 0 Å². The minimum absolute atomic E-state index is 0.129. The van der Waals surface area contributed by atoms with E-state index in [0.29, 0.717) is 11.1 Å². The molecule has 2 rings (SSSR count). The molecule has 3 heteroatoms. The van der Waals surface area contributed by atoms with E-state index < -0.39 is 11.9 Å². The molecule has 1 N–H and O–H groups in total. The van der Waals surface area contributed by atoms with Crippen LogP contribution >= 0.6 is 0 Å². The predicted octanol–water partition coefficient (Wildman–Crippen LogP) is 3.64. The number of carboxylic acids is 1. The van der Waals surface area contributed by atoms with Crippen LogP contribution in [-0.4, -0.2) is 16.9 Å². The Balaban J connectivity index is 2.18. The summed E-state index contributed by atoms with van der Waals surface area (Å²) in [5.74, 6) is -1.12. The lowest BCUT2D eigenvalue weighted by Crippen LogP contribution is -2.18. The molecule has 1 aliphatic rings. The van der Waals surface area contributed by atoms with Gasteiger partial charge in [-0.2, -0.15) is 0 Å². The third kappa shape index (κ3) is 3.22. The summed E-state index contributed by atoms with van der Waals surface area (Å²) in [5, 5.41) is 9.03. The summed E-state index contributed by atoms with van der Waals surface area (Å²) in [6.45, 7) is 1.65. The van der Waals surface area contributed by atoms with Gasteiger partial charge in [0.15, 0.2) is 5.78 Å². The van der Waals surface area contributed by atoms with Gasteiger partial charge in [-0.25, -0.2) is 0 Å². The highest BCUT2D eigenvalue weighted by Gasteiger charge is 2.23. The molecule has 1 atom stereocenters. The van der Waals surface area contributed by atoms with Gasteiger partial charge < -0.3 is 5.11 Å². The van der Waals surface area contributed by atoms with Gasteiger partial charge in [0.25, 0.3) is 0 Å². The Bertz CT molecular complexity index is 473. The van der Waals surface area contributed by atoms with Crippen molar-refractivity contribution in [2.24, 2.45) is 5.92 Å². The predicted molar refractivity (Wildman–Crippen MR) is 73.4 cm³/mol. The average molecular weight is 260 g/mol. The fraction of sp³-hybridized carbons (Fsp3) is 0.500. The van der Waals surface area contributed by atoms with Crippen LogP contribution in [0.1, 0.15) is 60.9 Å². The average Bonchev–Trinajstić information content (AvgIpc) is 2.46. The molecule has 1 fully saturated rings. The summed E-state index contributed by atoms with van der Waals surface area (Å²) in [5.41, 5.74) is 1.37. The fourth-order valence-electron chi connectivity index (χ4n) is 2.70. The normalized spacial score (nSPS) is 17.9. The second-order valence-corrected chi connectivity index (χ2v) is 5.38. The maximum atomic E-state index is 12.4. The van der Waals surface area contributed by atoms with Gasteiger partial charge in [0, 0.05) is 11.5 Å². The zero-order valence-corrected chi connectivity index (χ0v) is 11.3. The Labute approximate surface area is 113 Å². The van der Waals surface area contributed by atoms with Gasteiger partial charge in [0.2, 0.25) is 0 Å². The molecule has 0 amide bonds. The number of ketones is 1. The van der Waals surface area contributed by atoms with E-state index in [2.05, 4.69) is 0 Å². The second-order valence-electron chi connectivity index (χ2n) is 5.38. The number of carbonyl (C=O) groups excluding carboxylic acids is 1. The highest BCUT2D eigenvalue weighted by Crippen LogP contribution is 2.27. The van der Waals surface area contributed by atoms with Crippen molar-refractivity contribution in [3.05, 3.63) is 35.4 Å². The van der Waals surface area contributed by atoms with E-state index in [1.165, 1.54) is 6.42 Å². The standard InChI is InChI=1S/C16H20O3/c1-11(16(18)19)13-8-5-9-14(10-13)15(17)12-6-3-2-4-7-12/h5,8-12H,2-4,6-7H2,1H3,(H,18,19)/t11-/m1/s1. The third-order valence-corrected chi connectivity index (χ3v) is 4.02. The highest BCUT2D eigenvalue weighted by atomic mass is 16.4. The lowest BCUT2D eigenvalue weighted by atomic mass is 9.83. The molecular weight excluding hydrogens is 240 g/mol. The summed E-state index contributed by atoms with van der Waals surface area (Å²) in [4.78, 5) is 23.4. The molecule has 0 unspecified atom stereocenters. The van der Waals surface area contributed by atoms with Gasteiger partial charge in [-0.05, 0) is 31.4 Å². The number of hydrogen-bond donors (Lipinski definition) is 1. The Morgan fingerprint density at radius 3 is 2.53 bits per heavy atom. The van der Waals surface area contributed by atoms with Crippen molar-refractivity contribution in [1.82, 2.24) is 0 Å². The number of carboxylic acid groups (broad SMARTS) is 1. The molecule has 0 radical (unpaired) electrons. The molecule has 0 aromatic heterocycles. The Morgan fingerprint density at radius 1 is 1.21 bits per heavy atom. The summed E-state index contributed by atoms with van der Waals surface area (Å²) < 4.78 is 0. The number of Topliss-reactive ketones (excluding diaryl/α,β-unsaturated/α-hetero) is 1. The molecule has 0 bridgehead atoms. The van der Waals surface area contributed by atoms with Crippen molar-refractivity contribution in [3.63, 3.8) is 0 Å². The van der Waals surface area contributed by atoms with Crippen LogP contribution in [-0.2, 0) is 4.79 Å². The summed E-state index contributed by atoms with van der Waals surface area (Å²) in [7, 11) is 0. The van der Waals surface area contributed by atoms with Crippen molar-refractivity contribution in [2.75, 3.05) is 0 Å². The lowest BCUT2D eigenvalue weighted by Gasteiger charge is -2.20. The van der Waals surface area contributed by atoms with Gasteiger partial charge in [-0.3, -0.25) is 9.59 Å². The monoisotopic (exact) mass is 260 g/mol. The summed E-state index contributed by atoms with van der Waals surface area (Å²) in [6, 6.07) is 7.10. The number of benzene rings is 1. The molecule has 19 heavy (non-hydrogen) atoms. The fourth-order valence-corrected chi connectivity index (χ4v) is 2.70. The topological polar surface area (TPSA) is 54.4 Å². The molecule has 0 spiro atoms. The van der Waals surface area contributed by atoms with Crippen molar-refractivity contribution in [2.45, 2.75) is 44.9 Å². The van der Waals surface area contributed by atoms with Gasteiger partial charge in [-0.15, -0.1) is 0 Å². The first-order valence-electron chi connectivity index (χ1n) is 6.96. The molecule has 1 aromatic carbocycles. The first-order chi connectivity index (χ1) is 9.09. The van der Waals surface area contributed by atoms with Crippen molar-refractivity contribution in [1.29, 1.82) is 0 Å². The molecule has 0 heterocycles. The molecular formula is C16H20O3. The molecule has 3 nitrogen and oxygen atoms in total. The van der Waals surface area contributed by atoms with Crippen LogP contribution in [0.4, 0.5) is 0 Å². The minimum Gasteiger partial charge on any atom is -0.481 e. The SMILES string of the molecule is C[C@@H](C(=O)O)c1cccc(C(=O)C2CCCCC2)c1. The van der Waals surface area contributed by atoms with E-state index in [4.69, 9.17) is 5.11 Å². The van der Waals surface area contributed by atoms with Crippen LogP contribution in [0.5, 0.6) is 0 Å². The largest absolute Gasteiger partial charge is 0.481 e. The zero-order chi connectivity index (χ0) is 13.8. The Morgan fingerprint density at radius 2 is 1.89 bits per heavy atom. The van der Waals surface area contributed by atoms with E-state index >= 15 is 0 Å². The number of rotatable bonds is 4. The minimum atomic E-state index is -0.859. The number of carbonyl (C=O) groups is 2. The zero-order valence-electron chi connectivity index (χ0n) is 11.3. The van der Waals surface area contributed by atoms with E-state index in [9.17, 15) is 9.59 Å². The smallest absolute Gasteiger partial charge is 0.310 e. The van der Waals surface area contributed by atoms with Gasteiger partial charge in [-0.1, -0.05) is 37.5 Å². The van der Waals surface area contributed by atoms with Crippen LogP contribution in [0.2, 0.25) is 0 Å². The first kappa shape index (κ1) is 13.8. The van der Waals surface area contributed by atoms with E-state index in [-0.39, 0.29) is 11.7 Å². The molecule has 0 saturated heterocycles. The Kier molecular flexibility index (Phi) is 4.35. The van der Waals surface area contributed by atoms with Gasteiger partial charge in [0.1, 0.15) is 0 Å². The number of aliphatic carboxylic acids is 1. The van der Waals surface area contributed by atoms with Gasteiger partial charge >= 0.3 is 5.97 Å². The summed E-state index contributed by atoms with van der Waals surface area (Å²) in [6.07, 6.45) is 5.41. The van der Waals surface area contributed by atoms with Gasteiger partial charge in [0.05, 0.1) is 5.92 Å². The molecule has 1 aliphatic carbocycles. The molecule has 102 valence electrons. The first-order valence-corrected chi connectivity index (χ1v) is 6.96. The van der Waals surface area contributed by atoms with Crippen molar-refractivity contribution < 1.29 is 14.7 Å². The lowest BCUT2D eigenvalue weighted by molar-refractivity contribution is -0.138. The maximum absolute atomic E-state index is 12.4. The third-order valence-electron chi connectivity index (χ3n) is 4.02. The molecule has 1 saturated carbocycles. The molecule has 1 aromatic rings. The maximum Gasteiger partial charge on any atom is 0.310 e. The second kappa shape index (κ2) is 6.00. The highest BCUT2D eigenvalue weighted by molar-refractivity contribution is 5.98. The number of hydrogen-bond acceptors (Lipinski definition) is 2. The molecule has 0 aliphatic heterocycles. The van der Waals surface area contributed by atoms with E-state index in [1.54, 1.807) is 31.2 Å². The van der Waals surface area contributed by atoms with Crippen LogP contribution in [0.3, 0.4) is 0 Å². The summed E-state index contributed by atoms with van der Waals surface area (Å²) >= 11 is 0. The van der Waals surface area contributed by atoms with Crippen LogP contribution in [0.15, 0.2) is 24.3 Å². The van der Waals surface area contributed by atoms with Crippen molar-refractivity contribution in [3.8, 4) is 0 Å². The Hall–Kier alpha value is -1.64. The van der Waals surface area contributed by atoms with Crippen LogP contribution < -0.4 is 0 Å². The quantitative estimate of drug-likeness (QED) is 0.841. The van der Waals surface area contributed by atoms with Crippen LogP contribution in [0, 0.1) is 5.92 Å². The van der Waals surface area contributed by atoms with E-state index in [0.717, 1.165) is 25.7 Å². The van der Waals surface area contributed by atoms with Crippen LogP contribution in [0.25, 0.3) is 0 Å². The van der Waals surface area contributed by atoms with Crippen molar-refractivity contribution >= 4 is 11.8 Å².